The number of halogens is 3. The summed E-state index contributed by atoms with van der Waals surface area (Å²) in [6, 6.07) is 3.90. The zero-order valence-electron chi connectivity index (χ0n) is 16.1. The Kier molecular flexibility index (Phi) is 7.26. The Hall–Kier alpha value is -3.02. The number of nitrogens with zero attached hydrogens (tertiary/aromatic N) is 2. The Balaban J connectivity index is 1.92. The predicted molar refractivity (Wildman–Crippen MR) is 99.3 cm³/mol. The average molecular weight is 416 g/mol. The molecule has 0 saturated heterocycles. The summed E-state index contributed by atoms with van der Waals surface area (Å²) in [6.45, 7) is 3.81. The van der Waals surface area contributed by atoms with Crippen LogP contribution >= 0.6 is 0 Å². The SMILES string of the molecule is CC(C)C[C@H](OC(=O)Nc1ccc(C(F)(F)F)cc1)C(=O)NCC1=NNN(C)N1. The molecule has 29 heavy (non-hydrogen) atoms. The van der Waals surface area contributed by atoms with Gasteiger partial charge in [0.25, 0.3) is 5.91 Å². The summed E-state index contributed by atoms with van der Waals surface area (Å²) in [5.41, 5.74) is 4.74. The molecule has 0 saturated carbocycles. The molecule has 1 aliphatic heterocycles. The van der Waals surface area contributed by atoms with Crippen molar-refractivity contribution in [3.8, 4) is 0 Å². The zero-order valence-corrected chi connectivity index (χ0v) is 16.1. The van der Waals surface area contributed by atoms with Gasteiger partial charge in [-0.15, -0.1) is 10.2 Å². The number of hydrogen-bond acceptors (Lipinski definition) is 7. The number of amides is 2. The maximum absolute atomic E-state index is 12.6. The second-order valence-electron chi connectivity index (χ2n) is 6.77. The molecular formula is C17H23F3N6O3. The van der Waals surface area contributed by atoms with Crippen LogP contribution in [0.15, 0.2) is 29.4 Å². The lowest BCUT2D eigenvalue weighted by Crippen LogP contribution is -2.45. The molecule has 0 radical (unpaired) electrons. The molecule has 1 aliphatic rings. The molecule has 12 heteroatoms. The van der Waals surface area contributed by atoms with Gasteiger partial charge in [0.1, 0.15) is 0 Å². The fraction of sp³-hybridized carbons (Fsp3) is 0.471. The predicted octanol–water partition coefficient (Wildman–Crippen LogP) is 2.05. The van der Waals surface area contributed by atoms with Crippen LogP contribution in [0.1, 0.15) is 25.8 Å². The first kappa shape index (κ1) is 22.3. The summed E-state index contributed by atoms with van der Waals surface area (Å²) < 4.78 is 43.0. The Labute approximate surface area is 165 Å². The van der Waals surface area contributed by atoms with Crippen molar-refractivity contribution in [2.24, 2.45) is 11.0 Å². The largest absolute Gasteiger partial charge is 0.436 e. The molecule has 1 aromatic rings. The summed E-state index contributed by atoms with van der Waals surface area (Å²) in [5.74, 6) is 0.0121. The molecule has 0 aromatic heterocycles. The zero-order chi connectivity index (χ0) is 21.6. The number of amidine groups is 1. The molecular weight excluding hydrogens is 393 g/mol. The van der Waals surface area contributed by atoms with Gasteiger partial charge in [0.2, 0.25) is 0 Å². The van der Waals surface area contributed by atoms with Gasteiger partial charge in [-0.25, -0.2) is 10.3 Å². The lowest BCUT2D eigenvalue weighted by molar-refractivity contribution is -0.137. The van der Waals surface area contributed by atoms with Gasteiger partial charge in [-0.3, -0.25) is 15.5 Å². The standard InChI is InChI=1S/C17H23F3N6O3/c1-10(2)8-13(15(27)21-9-14-23-25-26(3)24-14)29-16(28)22-12-6-4-11(5-7-12)17(18,19)20/h4-7,10,13,25H,8-9H2,1-3H3,(H,21,27)(H,22,28)(H,23,24)/t13-/m0/s1. The number of benzene rings is 1. The molecule has 1 atom stereocenters. The number of alkyl halides is 3. The van der Waals surface area contributed by atoms with Gasteiger partial charge in [0.05, 0.1) is 12.1 Å². The molecule has 9 nitrogen and oxygen atoms in total. The number of nitrogens with one attached hydrogen (secondary N) is 4. The minimum atomic E-state index is -4.47. The number of hydrazine groups is 2. The van der Waals surface area contributed by atoms with Crippen molar-refractivity contribution < 1.29 is 27.5 Å². The van der Waals surface area contributed by atoms with Gasteiger partial charge in [0.15, 0.2) is 11.9 Å². The van der Waals surface area contributed by atoms with E-state index in [0.29, 0.717) is 5.84 Å². The van der Waals surface area contributed by atoms with E-state index in [9.17, 15) is 22.8 Å². The number of ether oxygens (including phenoxy) is 1. The van der Waals surface area contributed by atoms with Crippen LogP contribution in [0.5, 0.6) is 0 Å². The Morgan fingerprint density at radius 1 is 1.24 bits per heavy atom. The molecule has 0 unspecified atom stereocenters. The maximum Gasteiger partial charge on any atom is 0.416 e. The first-order valence-corrected chi connectivity index (χ1v) is 8.80. The Morgan fingerprint density at radius 2 is 1.90 bits per heavy atom. The van der Waals surface area contributed by atoms with Gasteiger partial charge in [0, 0.05) is 12.7 Å². The van der Waals surface area contributed by atoms with Crippen LogP contribution in [0.4, 0.5) is 23.7 Å². The fourth-order valence-corrected chi connectivity index (χ4v) is 2.40. The lowest BCUT2D eigenvalue weighted by Gasteiger charge is -2.19. The van der Waals surface area contributed by atoms with Crippen molar-refractivity contribution in [2.45, 2.75) is 32.5 Å². The van der Waals surface area contributed by atoms with Gasteiger partial charge in [-0.05, 0) is 36.6 Å². The van der Waals surface area contributed by atoms with E-state index in [4.69, 9.17) is 4.74 Å². The molecule has 2 rings (SSSR count). The molecule has 0 aliphatic carbocycles. The van der Waals surface area contributed by atoms with E-state index in [1.807, 2.05) is 13.8 Å². The monoisotopic (exact) mass is 416 g/mol. The van der Waals surface area contributed by atoms with Crippen LogP contribution in [0.2, 0.25) is 0 Å². The van der Waals surface area contributed by atoms with Gasteiger partial charge >= 0.3 is 12.3 Å². The third kappa shape index (κ3) is 7.14. The number of carbonyl (C=O) groups is 2. The van der Waals surface area contributed by atoms with Crippen LogP contribution in [-0.2, 0) is 15.7 Å². The summed E-state index contributed by atoms with van der Waals surface area (Å²) in [6.07, 6.45) is -6.22. The highest BCUT2D eigenvalue weighted by molar-refractivity contribution is 5.92. The highest BCUT2D eigenvalue weighted by atomic mass is 19.4. The minimum Gasteiger partial charge on any atom is -0.436 e. The van der Waals surface area contributed by atoms with Crippen LogP contribution < -0.4 is 21.6 Å². The van der Waals surface area contributed by atoms with Gasteiger partial charge < -0.3 is 10.1 Å². The fourth-order valence-electron chi connectivity index (χ4n) is 2.40. The third-order valence-electron chi connectivity index (χ3n) is 3.75. The second-order valence-corrected chi connectivity index (χ2v) is 6.77. The van der Waals surface area contributed by atoms with Gasteiger partial charge in [-0.1, -0.05) is 13.8 Å². The van der Waals surface area contributed by atoms with E-state index in [-0.39, 0.29) is 24.6 Å². The molecule has 0 bridgehead atoms. The van der Waals surface area contributed by atoms with Crippen molar-refractivity contribution in [2.75, 3.05) is 18.9 Å². The number of rotatable bonds is 7. The maximum atomic E-state index is 12.6. The normalized spacial score (nSPS) is 15.2. The van der Waals surface area contributed by atoms with E-state index in [0.717, 1.165) is 24.3 Å². The summed E-state index contributed by atoms with van der Waals surface area (Å²) in [5, 5.41) is 10.3. The van der Waals surface area contributed by atoms with Crippen LogP contribution in [0.3, 0.4) is 0 Å². The highest BCUT2D eigenvalue weighted by Crippen LogP contribution is 2.29. The highest BCUT2D eigenvalue weighted by Gasteiger charge is 2.30. The second kappa shape index (κ2) is 9.45. The van der Waals surface area contributed by atoms with Crippen molar-refractivity contribution in [1.82, 2.24) is 21.4 Å². The first-order valence-electron chi connectivity index (χ1n) is 8.80. The molecule has 1 heterocycles. The van der Waals surface area contributed by atoms with E-state index in [1.165, 1.54) is 5.12 Å². The molecule has 4 N–H and O–H groups in total. The minimum absolute atomic E-state index is 0.0550. The number of carbonyl (C=O) groups excluding carboxylic acids is 2. The van der Waals surface area contributed by atoms with E-state index in [2.05, 4.69) is 26.7 Å². The molecule has 2 amide bonds. The Bertz CT molecular complexity index is 752. The summed E-state index contributed by atoms with van der Waals surface area (Å²) >= 11 is 0. The molecule has 0 spiro atoms. The molecule has 0 fully saturated rings. The lowest BCUT2D eigenvalue weighted by atomic mass is 10.1. The average Bonchev–Trinajstić information content (AvgIpc) is 3.03. The smallest absolute Gasteiger partial charge is 0.416 e. The number of hydrazone groups is 1. The molecule has 160 valence electrons. The summed E-state index contributed by atoms with van der Waals surface area (Å²) in [7, 11) is 1.69. The van der Waals surface area contributed by atoms with E-state index in [1.54, 1.807) is 7.05 Å². The van der Waals surface area contributed by atoms with Crippen LogP contribution in [0, 0.1) is 5.92 Å². The third-order valence-corrected chi connectivity index (χ3v) is 3.75. The van der Waals surface area contributed by atoms with Crippen LogP contribution in [0.25, 0.3) is 0 Å². The Morgan fingerprint density at radius 3 is 2.41 bits per heavy atom. The van der Waals surface area contributed by atoms with Crippen molar-refractivity contribution >= 4 is 23.5 Å². The van der Waals surface area contributed by atoms with Crippen molar-refractivity contribution in [1.29, 1.82) is 0 Å². The van der Waals surface area contributed by atoms with Crippen molar-refractivity contribution in [3.05, 3.63) is 29.8 Å². The molecule has 1 aromatic carbocycles. The first-order chi connectivity index (χ1) is 13.5. The summed E-state index contributed by atoms with van der Waals surface area (Å²) in [4.78, 5) is 24.5. The van der Waals surface area contributed by atoms with E-state index >= 15 is 0 Å². The van der Waals surface area contributed by atoms with Crippen LogP contribution in [-0.4, -0.2) is 42.7 Å². The topological polar surface area (TPSA) is 107 Å². The number of anilines is 1. The van der Waals surface area contributed by atoms with Crippen molar-refractivity contribution in [3.63, 3.8) is 0 Å². The van der Waals surface area contributed by atoms with E-state index < -0.39 is 29.8 Å². The number of hydrogen-bond donors (Lipinski definition) is 4. The van der Waals surface area contributed by atoms with Gasteiger partial charge in [-0.2, -0.15) is 13.2 Å². The quantitative estimate of drug-likeness (QED) is 0.542.